The van der Waals surface area contributed by atoms with Gasteiger partial charge in [-0.15, -0.1) is 0 Å². The lowest BCUT2D eigenvalue weighted by Crippen LogP contribution is -2.17. The highest BCUT2D eigenvalue weighted by atomic mass is 19.1. The van der Waals surface area contributed by atoms with Crippen molar-refractivity contribution in [3.05, 3.63) is 58.9 Å². The number of aryl methyl sites for hydroxylation is 2. The van der Waals surface area contributed by atoms with E-state index in [2.05, 4.69) is 0 Å². The van der Waals surface area contributed by atoms with Gasteiger partial charge >= 0.3 is 0 Å². The number of rotatable bonds is 4. The fourth-order valence-electron chi connectivity index (χ4n) is 2.14. The third-order valence-corrected chi connectivity index (χ3v) is 3.17. The minimum absolute atomic E-state index is 0.121. The average molecular weight is 273 g/mol. The Bertz CT molecular complexity index is 608. The van der Waals surface area contributed by atoms with Gasteiger partial charge in [0.05, 0.1) is 0 Å². The van der Waals surface area contributed by atoms with E-state index >= 15 is 0 Å². The lowest BCUT2D eigenvalue weighted by molar-refractivity contribution is 0.437. The van der Waals surface area contributed by atoms with Crippen LogP contribution in [0.3, 0.4) is 0 Å². The van der Waals surface area contributed by atoms with E-state index in [0.29, 0.717) is 11.3 Å². The van der Waals surface area contributed by atoms with Gasteiger partial charge in [-0.25, -0.2) is 4.39 Å². The molecule has 0 spiro atoms. The molecule has 20 heavy (non-hydrogen) atoms. The first-order chi connectivity index (χ1) is 9.47. The van der Waals surface area contributed by atoms with E-state index in [1.807, 2.05) is 32.0 Å². The Morgan fingerprint density at radius 3 is 2.50 bits per heavy atom. The minimum atomic E-state index is -0.313. The van der Waals surface area contributed by atoms with Crippen molar-refractivity contribution in [2.75, 3.05) is 0 Å². The molecule has 1 atom stereocenters. The zero-order valence-electron chi connectivity index (χ0n) is 12.1. The van der Waals surface area contributed by atoms with Crippen molar-refractivity contribution in [2.45, 2.75) is 33.2 Å². The summed E-state index contributed by atoms with van der Waals surface area (Å²) >= 11 is 0. The summed E-state index contributed by atoms with van der Waals surface area (Å²) in [4.78, 5) is 0. The van der Waals surface area contributed by atoms with Crippen LogP contribution in [-0.2, 0) is 6.42 Å². The molecule has 0 radical (unpaired) electrons. The van der Waals surface area contributed by atoms with Crippen molar-refractivity contribution in [3.8, 4) is 11.5 Å². The summed E-state index contributed by atoms with van der Waals surface area (Å²) < 4.78 is 19.6. The van der Waals surface area contributed by atoms with Crippen LogP contribution in [0.15, 0.2) is 36.4 Å². The fraction of sp³-hybridized carbons (Fsp3) is 0.294. The van der Waals surface area contributed by atoms with E-state index in [9.17, 15) is 4.39 Å². The van der Waals surface area contributed by atoms with E-state index in [1.54, 1.807) is 25.1 Å². The second kappa shape index (κ2) is 6.06. The highest BCUT2D eigenvalue weighted by molar-refractivity contribution is 5.41. The molecule has 0 aromatic heterocycles. The molecule has 3 heteroatoms. The van der Waals surface area contributed by atoms with Crippen LogP contribution in [0.5, 0.6) is 11.5 Å². The van der Waals surface area contributed by atoms with Gasteiger partial charge in [0.15, 0.2) is 11.6 Å². The van der Waals surface area contributed by atoms with E-state index in [-0.39, 0.29) is 17.6 Å². The Kier molecular flexibility index (Phi) is 4.40. The van der Waals surface area contributed by atoms with Crippen LogP contribution >= 0.6 is 0 Å². The highest BCUT2D eigenvalue weighted by Crippen LogP contribution is 2.29. The highest BCUT2D eigenvalue weighted by Gasteiger charge is 2.09. The van der Waals surface area contributed by atoms with Crippen LogP contribution in [0, 0.1) is 19.7 Å². The van der Waals surface area contributed by atoms with Gasteiger partial charge in [-0.05, 0) is 56.0 Å². The fourth-order valence-corrected chi connectivity index (χ4v) is 2.14. The van der Waals surface area contributed by atoms with E-state index in [4.69, 9.17) is 10.5 Å². The molecule has 0 aliphatic carbocycles. The van der Waals surface area contributed by atoms with Crippen LogP contribution in [0.1, 0.15) is 23.6 Å². The van der Waals surface area contributed by atoms with Crippen molar-refractivity contribution in [2.24, 2.45) is 5.73 Å². The summed E-state index contributed by atoms with van der Waals surface area (Å²) in [6, 6.07) is 11.1. The predicted octanol–water partition coefficient (Wildman–Crippen LogP) is 4.12. The molecular weight excluding hydrogens is 253 g/mol. The number of ether oxygens (including phenoxy) is 1. The molecule has 2 nitrogen and oxygen atoms in total. The predicted molar refractivity (Wildman–Crippen MR) is 79.7 cm³/mol. The molecular formula is C17H20FNO. The summed E-state index contributed by atoms with van der Waals surface area (Å²) in [7, 11) is 0. The van der Waals surface area contributed by atoms with Crippen molar-refractivity contribution in [1.82, 2.24) is 0 Å². The molecule has 0 saturated carbocycles. The Hall–Kier alpha value is -1.87. The molecule has 0 saturated heterocycles. The number of benzene rings is 2. The van der Waals surface area contributed by atoms with Gasteiger partial charge in [0.1, 0.15) is 5.75 Å². The molecule has 2 aromatic rings. The molecule has 0 aliphatic heterocycles. The summed E-state index contributed by atoms with van der Waals surface area (Å²) in [5.74, 6) is 0.613. The average Bonchev–Trinajstić information content (AvgIpc) is 2.37. The maximum atomic E-state index is 13.9. The molecule has 2 rings (SSSR count). The monoisotopic (exact) mass is 273 g/mol. The van der Waals surface area contributed by atoms with Crippen LogP contribution in [0.4, 0.5) is 4.39 Å². The molecule has 0 heterocycles. The molecule has 106 valence electrons. The Balaban J connectivity index is 2.24. The van der Waals surface area contributed by atoms with Crippen molar-refractivity contribution in [1.29, 1.82) is 0 Å². The lowest BCUT2D eigenvalue weighted by Gasteiger charge is -2.12. The Morgan fingerprint density at radius 1 is 1.10 bits per heavy atom. The molecule has 2 aromatic carbocycles. The van der Waals surface area contributed by atoms with E-state index in [1.165, 1.54) is 0 Å². The van der Waals surface area contributed by atoms with Crippen molar-refractivity contribution in [3.63, 3.8) is 0 Å². The zero-order chi connectivity index (χ0) is 14.7. The first-order valence-electron chi connectivity index (χ1n) is 6.75. The summed E-state index contributed by atoms with van der Waals surface area (Å²) in [6.45, 7) is 5.65. The van der Waals surface area contributed by atoms with Crippen LogP contribution in [0.2, 0.25) is 0 Å². The van der Waals surface area contributed by atoms with Crippen LogP contribution in [-0.4, -0.2) is 6.04 Å². The maximum absolute atomic E-state index is 13.9. The van der Waals surface area contributed by atoms with Crippen LogP contribution < -0.4 is 10.5 Å². The topological polar surface area (TPSA) is 35.2 Å². The van der Waals surface area contributed by atoms with Gasteiger partial charge in [-0.1, -0.05) is 24.3 Å². The zero-order valence-corrected chi connectivity index (χ0v) is 12.1. The number of halogens is 1. The Labute approximate surface area is 119 Å². The minimum Gasteiger partial charge on any atom is -0.454 e. The molecule has 0 bridgehead atoms. The van der Waals surface area contributed by atoms with Gasteiger partial charge in [0.25, 0.3) is 0 Å². The van der Waals surface area contributed by atoms with Gasteiger partial charge in [0, 0.05) is 6.04 Å². The van der Waals surface area contributed by atoms with Gasteiger partial charge < -0.3 is 10.5 Å². The number of hydrogen-bond acceptors (Lipinski definition) is 2. The molecule has 0 fully saturated rings. The third-order valence-electron chi connectivity index (χ3n) is 3.17. The van der Waals surface area contributed by atoms with Crippen molar-refractivity contribution < 1.29 is 9.13 Å². The summed E-state index contributed by atoms with van der Waals surface area (Å²) in [6.07, 6.45) is 0.819. The second-order valence-electron chi connectivity index (χ2n) is 5.27. The first-order valence-corrected chi connectivity index (χ1v) is 6.75. The first kappa shape index (κ1) is 14.5. The SMILES string of the molecule is Cc1cc(CC(C)N)ccc1Oc1cccc(C)c1F. The van der Waals surface area contributed by atoms with Crippen LogP contribution in [0.25, 0.3) is 0 Å². The summed E-state index contributed by atoms with van der Waals surface area (Å²) in [5.41, 5.74) is 8.51. The van der Waals surface area contributed by atoms with E-state index < -0.39 is 0 Å². The standard InChI is InChI=1S/C17H20FNO/c1-11-5-4-6-16(17(11)18)20-15-8-7-14(9-12(15)2)10-13(3)19/h4-9,13H,10,19H2,1-3H3. The van der Waals surface area contributed by atoms with Crippen molar-refractivity contribution >= 4 is 0 Å². The van der Waals surface area contributed by atoms with E-state index in [0.717, 1.165) is 17.5 Å². The van der Waals surface area contributed by atoms with Gasteiger partial charge in [-0.3, -0.25) is 0 Å². The van der Waals surface area contributed by atoms with Gasteiger partial charge in [0.2, 0.25) is 0 Å². The lowest BCUT2D eigenvalue weighted by atomic mass is 10.0. The molecule has 0 amide bonds. The maximum Gasteiger partial charge on any atom is 0.168 e. The summed E-state index contributed by atoms with van der Waals surface area (Å²) in [5, 5.41) is 0. The number of hydrogen-bond donors (Lipinski definition) is 1. The largest absolute Gasteiger partial charge is 0.454 e. The molecule has 0 aliphatic rings. The molecule has 1 unspecified atom stereocenters. The normalized spacial score (nSPS) is 12.2. The second-order valence-corrected chi connectivity index (χ2v) is 5.27. The van der Waals surface area contributed by atoms with Gasteiger partial charge in [-0.2, -0.15) is 0 Å². The Morgan fingerprint density at radius 2 is 1.85 bits per heavy atom. The quantitative estimate of drug-likeness (QED) is 0.909. The third kappa shape index (κ3) is 3.36. The smallest absolute Gasteiger partial charge is 0.168 e. The number of nitrogens with two attached hydrogens (primary N) is 1. The molecule has 2 N–H and O–H groups in total.